The largest absolute Gasteiger partial charge is 0.488 e. The van der Waals surface area contributed by atoms with E-state index < -0.39 is 0 Å². The molecule has 2 heterocycles. The molecule has 0 N–H and O–H groups in total. The highest BCUT2D eigenvalue weighted by Crippen LogP contribution is 2.41. The molecule has 0 saturated carbocycles. The van der Waals surface area contributed by atoms with Crippen LogP contribution in [0.25, 0.3) is 33.6 Å². The Balaban J connectivity index is 1.81. The summed E-state index contributed by atoms with van der Waals surface area (Å²) in [6, 6.07) is 31.1. The van der Waals surface area contributed by atoms with Crippen LogP contribution in [0.5, 0.6) is 5.75 Å². The average molecular weight is 335 g/mol. The Labute approximate surface area is 152 Å². The van der Waals surface area contributed by atoms with E-state index in [4.69, 9.17) is 9.72 Å². The summed E-state index contributed by atoms with van der Waals surface area (Å²) in [5.74, 6) is 0.900. The Kier molecular flexibility index (Phi) is 3.53. The summed E-state index contributed by atoms with van der Waals surface area (Å²) >= 11 is 0. The van der Waals surface area contributed by atoms with Crippen LogP contribution in [-0.2, 0) is 6.61 Å². The second kappa shape index (κ2) is 6.16. The topological polar surface area (TPSA) is 22.1 Å². The lowest BCUT2D eigenvalue weighted by atomic mass is 9.92. The third-order valence-corrected chi connectivity index (χ3v) is 4.79. The van der Waals surface area contributed by atoms with Crippen LogP contribution in [0.2, 0.25) is 0 Å². The van der Waals surface area contributed by atoms with Crippen molar-refractivity contribution in [2.75, 3.05) is 0 Å². The van der Waals surface area contributed by atoms with Crippen molar-refractivity contribution in [2.24, 2.45) is 0 Å². The van der Waals surface area contributed by atoms with E-state index in [1.165, 1.54) is 11.1 Å². The Morgan fingerprint density at radius 3 is 2.08 bits per heavy atom. The molecule has 1 aliphatic heterocycles. The average Bonchev–Trinajstić information content (AvgIpc) is 2.74. The van der Waals surface area contributed by atoms with Crippen LogP contribution in [0.15, 0.2) is 91.0 Å². The van der Waals surface area contributed by atoms with Gasteiger partial charge in [0.15, 0.2) is 0 Å². The molecule has 1 aromatic heterocycles. The van der Waals surface area contributed by atoms with Gasteiger partial charge in [0.2, 0.25) is 0 Å². The SMILES string of the molecule is c1ccc(-c2cc(-c3ccccc3)c3c(n2)-c2ccccc2OC3)cc1. The van der Waals surface area contributed by atoms with Gasteiger partial charge in [0.05, 0.1) is 11.4 Å². The van der Waals surface area contributed by atoms with Crippen molar-refractivity contribution in [1.29, 1.82) is 0 Å². The fraction of sp³-hybridized carbons (Fsp3) is 0.0417. The summed E-state index contributed by atoms with van der Waals surface area (Å²) in [5.41, 5.74) is 7.71. The van der Waals surface area contributed by atoms with Crippen molar-refractivity contribution in [3.05, 3.63) is 96.6 Å². The number of hydrogen-bond acceptors (Lipinski definition) is 2. The highest BCUT2D eigenvalue weighted by Gasteiger charge is 2.23. The maximum absolute atomic E-state index is 6.02. The van der Waals surface area contributed by atoms with Crippen LogP contribution in [-0.4, -0.2) is 4.98 Å². The van der Waals surface area contributed by atoms with Gasteiger partial charge in [-0.25, -0.2) is 4.98 Å². The first-order valence-electron chi connectivity index (χ1n) is 8.77. The molecule has 0 unspecified atom stereocenters. The van der Waals surface area contributed by atoms with Crippen LogP contribution in [0.1, 0.15) is 5.56 Å². The van der Waals surface area contributed by atoms with Crippen LogP contribution in [0.3, 0.4) is 0 Å². The molecule has 0 aliphatic carbocycles. The minimum Gasteiger partial charge on any atom is -0.488 e. The summed E-state index contributed by atoms with van der Waals surface area (Å²) in [5, 5.41) is 0. The highest BCUT2D eigenvalue weighted by atomic mass is 16.5. The number of benzene rings is 3. The molecule has 2 nitrogen and oxygen atoms in total. The Morgan fingerprint density at radius 1 is 0.654 bits per heavy atom. The summed E-state index contributed by atoms with van der Waals surface area (Å²) in [6.07, 6.45) is 0. The molecule has 4 aromatic rings. The zero-order chi connectivity index (χ0) is 17.3. The van der Waals surface area contributed by atoms with Gasteiger partial charge in [-0.3, -0.25) is 0 Å². The standard InChI is InChI=1S/C24H17NO/c1-3-9-17(10-4-1)20-15-22(18-11-5-2-6-12-18)25-24-19-13-7-8-14-23(19)26-16-21(20)24/h1-15H,16H2. The van der Waals surface area contributed by atoms with Gasteiger partial charge < -0.3 is 4.74 Å². The monoisotopic (exact) mass is 335 g/mol. The first-order valence-corrected chi connectivity index (χ1v) is 8.77. The maximum atomic E-state index is 6.02. The zero-order valence-corrected chi connectivity index (χ0v) is 14.2. The molecular formula is C24H17NO. The van der Waals surface area contributed by atoms with E-state index in [0.717, 1.165) is 33.8 Å². The number of fused-ring (bicyclic) bond motifs is 3. The van der Waals surface area contributed by atoms with E-state index in [-0.39, 0.29) is 0 Å². The molecule has 0 radical (unpaired) electrons. The second-order valence-electron chi connectivity index (χ2n) is 6.40. The van der Waals surface area contributed by atoms with Crippen molar-refractivity contribution in [3.8, 4) is 39.4 Å². The molecule has 0 amide bonds. The number of para-hydroxylation sites is 1. The molecule has 2 heteroatoms. The molecule has 0 spiro atoms. The van der Waals surface area contributed by atoms with Crippen molar-refractivity contribution >= 4 is 0 Å². The van der Waals surface area contributed by atoms with Gasteiger partial charge in [-0.1, -0.05) is 72.8 Å². The lowest BCUT2D eigenvalue weighted by Crippen LogP contribution is -2.09. The summed E-state index contributed by atoms with van der Waals surface area (Å²) < 4.78 is 6.02. The van der Waals surface area contributed by atoms with Gasteiger partial charge in [0.1, 0.15) is 12.4 Å². The maximum Gasteiger partial charge on any atom is 0.129 e. The molecule has 0 bridgehead atoms. The smallest absolute Gasteiger partial charge is 0.129 e. The molecular weight excluding hydrogens is 318 g/mol. The summed E-state index contributed by atoms with van der Waals surface area (Å²) in [6.45, 7) is 0.540. The predicted molar refractivity (Wildman–Crippen MR) is 105 cm³/mol. The fourth-order valence-electron chi connectivity index (χ4n) is 3.51. The quantitative estimate of drug-likeness (QED) is 0.450. The zero-order valence-electron chi connectivity index (χ0n) is 14.2. The first-order chi connectivity index (χ1) is 12.9. The third kappa shape index (κ3) is 2.47. The van der Waals surface area contributed by atoms with Crippen molar-refractivity contribution < 1.29 is 4.74 Å². The molecule has 3 aromatic carbocycles. The number of hydrogen-bond donors (Lipinski definition) is 0. The van der Waals surface area contributed by atoms with Crippen molar-refractivity contribution in [1.82, 2.24) is 4.98 Å². The van der Waals surface area contributed by atoms with E-state index in [1.54, 1.807) is 0 Å². The van der Waals surface area contributed by atoms with E-state index in [9.17, 15) is 0 Å². The summed E-state index contributed by atoms with van der Waals surface area (Å²) in [7, 11) is 0. The Bertz CT molecular complexity index is 1050. The van der Waals surface area contributed by atoms with E-state index in [0.29, 0.717) is 6.61 Å². The minimum atomic E-state index is 0.540. The van der Waals surface area contributed by atoms with Crippen LogP contribution < -0.4 is 4.74 Å². The van der Waals surface area contributed by atoms with Gasteiger partial charge >= 0.3 is 0 Å². The lowest BCUT2D eigenvalue weighted by Gasteiger charge is -2.23. The highest BCUT2D eigenvalue weighted by molar-refractivity contribution is 5.83. The molecule has 1 aliphatic rings. The van der Waals surface area contributed by atoms with Gasteiger partial charge in [0, 0.05) is 16.7 Å². The van der Waals surface area contributed by atoms with Gasteiger partial charge in [-0.15, -0.1) is 0 Å². The van der Waals surface area contributed by atoms with Gasteiger partial charge in [-0.05, 0) is 29.3 Å². The van der Waals surface area contributed by atoms with Crippen molar-refractivity contribution in [3.63, 3.8) is 0 Å². The second-order valence-corrected chi connectivity index (χ2v) is 6.40. The first kappa shape index (κ1) is 14.9. The molecule has 0 saturated heterocycles. The number of ether oxygens (including phenoxy) is 1. The lowest BCUT2D eigenvalue weighted by molar-refractivity contribution is 0.302. The van der Waals surface area contributed by atoms with Crippen LogP contribution >= 0.6 is 0 Å². The number of nitrogens with zero attached hydrogens (tertiary/aromatic N) is 1. The number of rotatable bonds is 2. The normalized spacial score (nSPS) is 12.0. The van der Waals surface area contributed by atoms with Gasteiger partial charge in [-0.2, -0.15) is 0 Å². The Morgan fingerprint density at radius 2 is 1.31 bits per heavy atom. The molecule has 5 rings (SSSR count). The van der Waals surface area contributed by atoms with E-state index in [1.807, 2.05) is 30.3 Å². The van der Waals surface area contributed by atoms with Crippen molar-refractivity contribution in [2.45, 2.75) is 6.61 Å². The number of aromatic nitrogens is 1. The Hall–Kier alpha value is -3.39. The predicted octanol–water partition coefficient (Wildman–Crippen LogP) is 5.98. The van der Waals surface area contributed by atoms with Gasteiger partial charge in [0.25, 0.3) is 0 Å². The molecule has 0 atom stereocenters. The molecule has 124 valence electrons. The molecule has 0 fully saturated rings. The fourth-order valence-corrected chi connectivity index (χ4v) is 3.51. The molecule has 26 heavy (non-hydrogen) atoms. The van der Waals surface area contributed by atoms with Crippen LogP contribution in [0, 0.1) is 0 Å². The summed E-state index contributed by atoms with van der Waals surface area (Å²) in [4.78, 5) is 5.03. The van der Waals surface area contributed by atoms with E-state index >= 15 is 0 Å². The van der Waals surface area contributed by atoms with Crippen LogP contribution in [0.4, 0.5) is 0 Å². The van der Waals surface area contributed by atoms with E-state index in [2.05, 4.69) is 60.7 Å². The number of pyridine rings is 1. The third-order valence-electron chi connectivity index (χ3n) is 4.79. The minimum absolute atomic E-state index is 0.540.